The zero-order valence-corrected chi connectivity index (χ0v) is 16.5. The van der Waals surface area contributed by atoms with Crippen LogP contribution in [0.4, 0.5) is 5.69 Å². The highest BCUT2D eigenvalue weighted by molar-refractivity contribution is 9.10. The molecule has 5 nitrogen and oxygen atoms in total. The van der Waals surface area contributed by atoms with Gasteiger partial charge in [0, 0.05) is 41.9 Å². The summed E-state index contributed by atoms with van der Waals surface area (Å²) in [5, 5.41) is 3.13. The van der Waals surface area contributed by atoms with E-state index in [0.29, 0.717) is 21.5 Å². The standard InChI is InChI=1S/C20H24BrN3O2/c1-26-19-12-18(22)17(21)11-16(19)20(25)23-15-7-9-24(10-8-15)13-14-5-3-2-4-6-14/h2-6,11-12,15H,7-10,13,22H2,1H3,(H,23,25). The lowest BCUT2D eigenvalue weighted by molar-refractivity contribution is 0.0906. The first-order valence-corrected chi connectivity index (χ1v) is 9.56. The average molecular weight is 418 g/mol. The summed E-state index contributed by atoms with van der Waals surface area (Å²) in [6.45, 7) is 2.91. The molecule has 6 heteroatoms. The van der Waals surface area contributed by atoms with Crippen LogP contribution in [0.1, 0.15) is 28.8 Å². The Morgan fingerprint density at radius 3 is 2.62 bits per heavy atom. The van der Waals surface area contributed by atoms with Crippen molar-refractivity contribution < 1.29 is 9.53 Å². The predicted octanol–water partition coefficient (Wildman–Crippen LogP) is 3.43. The number of methoxy groups -OCH3 is 1. The van der Waals surface area contributed by atoms with Crippen molar-refractivity contribution in [3.05, 3.63) is 58.1 Å². The van der Waals surface area contributed by atoms with E-state index in [0.717, 1.165) is 32.5 Å². The second-order valence-corrected chi connectivity index (χ2v) is 7.44. The number of carbonyl (C=O) groups excluding carboxylic acids is 1. The maximum Gasteiger partial charge on any atom is 0.255 e. The second-order valence-electron chi connectivity index (χ2n) is 6.58. The van der Waals surface area contributed by atoms with Crippen LogP contribution >= 0.6 is 15.9 Å². The number of hydrogen-bond donors (Lipinski definition) is 2. The van der Waals surface area contributed by atoms with E-state index < -0.39 is 0 Å². The van der Waals surface area contributed by atoms with Crippen LogP contribution in [0, 0.1) is 0 Å². The molecule has 1 heterocycles. The highest BCUT2D eigenvalue weighted by atomic mass is 79.9. The van der Waals surface area contributed by atoms with Gasteiger partial charge in [-0.05, 0) is 40.4 Å². The van der Waals surface area contributed by atoms with E-state index in [1.165, 1.54) is 5.56 Å². The smallest absolute Gasteiger partial charge is 0.255 e. The monoisotopic (exact) mass is 417 g/mol. The number of nitrogens with one attached hydrogen (secondary N) is 1. The minimum Gasteiger partial charge on any atom is -0.496 e. The molecule has 0 unspecified atom stereocenters. The van der Waals surface area contributed by atoms with Crippen molar-refractivity contribution >= 4 is 27.5 Å². The Labute approximate surface area is 162 Å². The van der Waals surface area contributed by atoms with Crippen molar-refractivity contribution in [2.24, 2.45) is 0 Å². The topological polar surface area (TPSA) is 67.6 Å². The molecule has 1 saturated heterocycles. The Balaban J connectivity index is 1.56. The number of benzene rings is 2. The van der Waals surface area contributed by atoms with Crippen LogP contribution in [0.2, 0.25) is 0 Å². The highest BCUT2D eigenvalue weighted by Gasteiger charge is 2.23. The van der Waals surface area contributed by atoms with Gasteiger partial charge in [-0.15, -0.1) is 0 Å². The van der Waals surface area contributed by atoms with Gasteiger partial charge in [-0.25, -0.2) is 0 Å². The molecule has 0 bridgehead atoms. The molecule has 3 N–H and O–H groups in total. The fourth-order valence-electron chi connectivity index (χ4n) is 3.26. The highest BCUT2D eigenvalue weighted by Crippen LogP contribution is 2.29. The molecule has 2 aromatic carbocycles. The Kier molecular flexibility index (Phi) is 6.16. The van der Waals surface area contributed by atoms with Crippen LogP contribution < -0.4 is 15.8 Å². The van der Waals surface area contributed by atoms with Crippen LogP contribution in [-0.2, 0) is 6.54 Å². The summed E-state index contributed by atoms with van der Waals surface area (Å²) in [5.74, 6) is 0.369. The van der Waals surface area contributed by atoms with Gasteiger partial charge in [0.25, 0.3) is 5.91 Å². The number of rotatable bonds is 5. The zero-order valence-electron chi connectivity index (χ0n) is 14.9. The number of nitrogen functional groups attached to an aromatic ring is 1. The van der Waals surface area contributed by atoms with Crippen molar-refractivity contribution in [1.82, 2.24) is 10.2 Å². The van der Waals surface area contributed by atoms with Gasteiger partial charge in [-0.3, -0.25) is 9.69 Å². The molecule has 26 heavy (non-hydrogen) atoms. The van der Waals surface area contributed by atoms with Gasteiger partial charge >= 0.3 is 0 Å². The van der Waals surface area contributed by atoms with Crippen molar-refractivity contribution in [2.45, 2.75) is 25.4 Å². The molecule has 0 aliphatic carbocycles. The second kappa shape index (κ2) is 8.56. The molecule has 1 fully saturated rings. The van der Waals surface area contributed by atoms with Crippen LogP contribution in [0.25, 0.3) is 0 Å². The van der Waals surface area contributed by atoms with E-state index in [1.807, 2.05) is 6.07 Å². The minimum atomic E-state index is -0.121. The van der Waals surface area contributed by atoms with Crippen LogP contribution in [0.3, 0.4) is 0 Å². The van der Waals surface area contributed by atoms with E-state index in [-0.39, 0.29) is 11.9 Å². The van der Waals surface area contributed by atoms with Crippen molar-refractivity contribution in [3.8, 4) is 5.75 Å². The molecule has 1 aliphatic heterocycles. The Bertz CT molecular complexity index is 759. The van der Waals surface area contributed by atoms with Gasteiger partial charge in [0.2, 0.25) is 0 Å². The summed E-state index contributed by atoms with van der Waals surface area (Å²) < 4.78 is 6.00. The number of piperidine rings is 1. The van der Waals surface area contributed by atoms with E-state index in [2.05, 4.69) is 50.4 Å². The third-order valence-corrected chi connectivity index (χ3v) is 5.42. The number of amides is 1. The molecule has 138 valence electrons. The first kappa shape index (κ1) is 18.7. The number of anilines is 1. The molecular weight excluding hydrogens is 394 g/mol. The van der Waals surface area contributed by atoms with Crippen molar-refractivity contribution in [1.29, 1.82) is 0 Å². The molecule has 0 saturated carbocycles. The van der Waals surface area contributed by atoms with Gasteiger partial charge in [0.15, 0.2) is 0 Å². The summed E-state index contributed by atoms with van der Waals surface area (Å²) in [7, 11) is 1.54. The van der Waals surface area contributed by atoms with Gasteiger partial charge in [0.05, 0.1) is 12.7 Å². The molecule has 1 aliphatic rings. The summed E-state index contributed by atoms with van der Waals surface area (Å²) in [5.41, 5.74) is 8.24. The largest absolute Gasteiger partial charge is 0.496 e. The van der Waals surface area contributed by atoms with E-state index in [4.69, 9.17) is 10.5 Å². The third-order valence-electron chi connectivity index (χ3n) is 4.74. The number of halogens is 1. The average Bonchev–Trinajstić information content (AvgIpc) is 2.66. The summed E-state index contributed by atoms with van der Waals surface area (Å²) in [4.78, 5) is 15.1. The summed E-state index contributed by atoms with van der Waals surface area (Å²) >= 11 is 3.38. The number of nitrogens with two attached hydrogens (primary N) is 1. The number of carbonyl (C=O) groups is 1. The predicted molar refractivity (Wildman–Crippen MR) is 107 cm³/mol. The number of hydrogen-bond acceptors (Lipinski definition) is 4. The van der Waals surface area contributed by atoms with E-state index >= 15 is 0 Å². The van der Waals surface area contributed by atoms with Crippen molar-refractivity contribution in [2.75, 3.05) is 25.9 Å². The van der Waals surface area contributed by atoms with Gasteiger partial charge < -0.3 is 15.8 Å². The lowest BCUT2D eigenvalue weighted by Crippen LogP contribution is -2.44. The minimum absolute atomic E-state index is 0.121. The maximum absolute atomic E-state index is 12.7. The number of nitrogens with zero attached hydrogens (tertiary/aromatic N) is 1. The lowest BCUT2D eigenvalue weighted by atomic mass is 10.0. The molecule has 1 amide bonds. The van der Waals surface area contributed by atoms with Gasteiger partial charge in [0.1, 0.15) is 5.75 Å². The SMILES string of the molecule is COc1cc(N)c(Br)cc1C(=O)NC1CCN(Cc2ccccc2)CC1. The van der Waals surface area contributed by atoms with Crippen LogP contribution in [-0.4, -0.2) is 37.0 Å². The zero-order chi connectivity index (χ0) is 18.5. The summed E-state index contributed by atoms with van der Waals surface area (Å²) in [6.07, 6.45) is 1.88. The fraction of sp³-hybridized carbons (Fsp3) is 0.350. The summed E-state index contributed by atoms with van der Waals surface area (Å²) in [6, 6.07) is 14.0. The molecule has 2 aromatic rings. The Hall–Kier alpha value is -2.05. The van der Waals surface area contributed by atoms with Gasteiger partial charge in [-0.1, -0.05) is 30.3 Å². The molecular formula is C20H24BrN3O2. The molecule has 3 rings (SSSR count). The molecule has 0 aromatic heterocycles. The quantitative estimate of drug-likeness (QED) is 0.731. The number of ether oxygens (including phenoxy) is 1. The maximum atomic E-state index is 12.7. The third kappa shape index (κ3) is 4.56. The Morgan fingerprint density at radius 2 is 1.96 bits per heavy atom. The molecule has 0 atom stereocenters. The van der Waals surface area contributed by atoms with E-state index in [1.54, 1.807) is 19.2 Å². The number of likely N-dealkylation sites (tertiary alicyclic amines) is 1. The molecule has 0 spiro atoms. The van der Waals surface area contributed by atoms with Crippen LogP contribution in [0.15, 0.2) is 46.9 Å². The Morgan fingerprint density at radius 1 is 1.27 bits per heavy atom. The van der Waals surface area contributed by atoms with Crippen molar-refractivity contribution in [3.63, 3.8) is 0 Å². The lowest BCUT2D eigenvalue weighted by Gasteiger charge is -2.32. The van der Waals surface area contributed by atoms with Crippen LogP contribution in [0.5, 0.6) is 5.75 Å². The molecule has 0 radical (unpaired) electrons. The van der Waals surface area contributed by atoms with Gasteiger partial charge in [-0.2, -0.15) is 0 Å². The fourth-order valence-corrected chi connectivity index (χ4v) is 3.60. The first-order valence-electron chi connectivity index (χ1n) is 8.77. The van der Waals surface area contributed by atoms with E-state index in [9.17, 15) is 4.79 Å². The first-order chi connectivity index (χ1) is 12.6. The normalized spacial score (nSPS) is 15.6.